The van der Waals surface area contributed by atoms with Crippen molar-refractivity contribution in [3.63, 3.8) is 0 Å². The number of aliphatic hydroxyl groups excluding tert-OH is 1. The number of fused-ring (bicyclic) bond motifs is 1. The molecule has 1 saturated heterocycles. The highest BCUT2D eigenvalue weighted by Crippen LogP contribution is 2.38. The minimum atomic E-state index is -1.41. The van der Waals surface area contributed by atoms with Gasteiger partial charge in [-0.05, 0) is 60.3 Å². The van der Waals surface area contributed by atoms with Gasteiger partial charge in [0.25, 0.3) is 5.22 Å². The summed E-state index contributed by atoms with van der Waals surface area (Å²) in [7, 11) is 0. The average Bonchev–Trinajstić information content (AvgIpc) is 3.50. The quantitative estimate of drug-likeness (QED) is 0.169. The van der Waals surface area contributed by atoms with E-state index in [4.69, 9.17) is 23.4 Å². The van der Waals surface area contributed by atoms with Gasteiger partial charge in [-0.25, -0.2) is 19.4 Å². The van der Waals surface area contributed by atoms with Crippen LogP contribution in [0, 0.1) is 0 Å². The smallest absolute Gasteiger partial charge is 0.338 e. The Morgan fingerprint density at radius 3 is 1.62 bits per heavy atom. The third-order valence-corrected chi connectivity index (χ3v) is 8.01. The molecule has 5 aromatic rings. The van der Waals surface area contributed by atoms with Crippen molar-refractivity contribution in [3.8, 4) is 0 Å². The molecule has 0 aliphatic carbocycles. The van der Waals surface area contributed by atoms with Gasteiger partial charge < -0.3 is 28.5 Å². The maximum Gasteiger partial charge on any atom is 0.338 e. The third-order valence-electron chi connectivity index (χ3n) is 7.02. The number of aliphatic hydroxyl groups is 1. The molecule has 228 valence electrons. The molecule has 0 bridgehead atoms. The van der Waals surface area contributed by atoms with Gasteiger partial charge in [0.05, 0.1) is 23.3 Å². The van der Waals surface area contributed by atoms with E-state index in [1.54, 1.807) is 109 Å². The van der Waals surface area contributed by atoms with Gasteiger partial charge in [-0.15, -0.1) is 0 Å². The predicted molar refractivity (Wildman–Crippen MR) is 163 cm³/mol. The Bertz CT molecular complexity index is 1730. The molecule has 1 fully saturated rings. The van der Waals surface area contributed by atoms with Crippen LogP contribution in [0.2, 0.25) is 0 Å². The number of benzene rings is 4. The molecule has 1 aliphatic heterocycles. The molecule has 6 rings (SSSR count). The van der Waals surface area contributed by atoms with Crippen LogP contribution in [0.5, 0.6) is 0 Å². The first-order chi connectivity index (χ1) is 22.0. The highest BCUT2D eigenvalue weighted by molar-refractivity contribution is 7.99. The minimum absolute atomic E-state index is 0.187. The molecule has 45 heavy (non-hydrogen) atoms. The summed E-state index contributed by atoms with van der Waals surface area (Å²) >= 11 is 0.979. The van der Waals surface area contributed by atoms with E-state index in [0.29, 0.717) is 11.1 Å². The largest absolute Gasteiger partial charge is 0.452 e. The summed E-state index contributed by atoms with van der Waals surface area (Å²) in [5, 5.41) is 10.6. The summed E-state index contributed by atoms with van der Waals surface area (Å²) < 4.78 is 29.9. The molecule has 4 aromatic carbocycles. The first-order valence-corrected chi connectivity index (χ1v) is 14.9. The fourth-order valence-corrected chi connectivity index (χ4v) is 5.85. The number of thioether (sulfide) groups is 1. The summed E-state index contributed by atoms with van der Waals surface area (Å²) in [5.74, 6) is -2.24. The monoisotopic (exact) mass is 625 g/mol. The lowest BCUT2D eigenvalue weighted by Gasteiger charge is -2.43. The number of hydrogen-bond donors (Lipinski definition) is 1. The molecule has 11 heteroatoms. The molecule has 0 spiro atoms. The van der Waals surface area contributed by atoms with Crippen LogP contribution >= 0.6 is 11.8 Å². The van der Waals surface area contributed by atoms with Crippen LogP contribution in [0.25, 0.3) is 11.1 Å². The number of aromatic nitrogens is 1. The van der Waals surface area contributed by atoms with E-state index < -0.39 is 54.4 Å². The summed E-state index contributed by atoms with van der Waals surface area (Å²) in [5.41, 5.74) is 0.682. The molecule has 0 saturated carbocycles. The van der Waals surface area contributed by atoms with E-state index in [-0.39, 0.29) is 21.9 Å². The standard InChI is InChI=1S/C34H27NO9S/c36-20-26-27(42-30(37)21-12-4-1-5-13-21)28(43-31(38)22-14-6-2-7-15-22)29(44-32(39)23-16-8-3-9-17-23)33(40-26)45-34-35-24-18-10-11-19-25(24)41-34/h1-19,26-29,33,36H,20H2. The van der Waals surface area contributed by atoms with Gasteiger partial charge >= 0.3 is 17.9 Å². The van der Waals surface area contributed by atoms with Gasteiger partial charge in [-0.2, -0.15) is 0 Å². The zero-order valence-electron chi connectivity index (χ0n) is 23.6. The number of oxazole rings is 1. The number of nitrogens with zero attached hydrogens (tertiary/aromatic N) is 1. The number of para-hydroxylation sites is 2. The van der Waals surface area contributed by atoms with E-state index >= 15 is 0 Å². The molecule has 1 aromatic heterocycles. The van der Waals surface area contributed by atoms with Crippen molar-refractivity contribution >= 4 is 40.8 Å². The third kappa shape index (κ3) is 6.91. The van der Waals surface area contributed by atoms with Gasteiger partial charge in [0.2, 0.25) is 0 Å². The second-order valence-electron chi connectivity index (χ2n) is 10.00. The van der Waals surface area contributed by atoms with Gasteiger partial charge in [0.15, 0.2) is 29.3 Å². The Labute approximate surface area is 261 Å². The maximum atomic E-state index is 13.4. The first kappa shape index (κ1) is 30.1. The zero-order valence-corrected chi connectivity index (χ0v) is 24.4. The Kier molecular flexibility index (Phi) is 9.20. The average molecular weight is 626 g/mol. The van der Waals surface area contributed by atoms with Crippen molar-refractivity contribution in [1.29, 1.82) is 0 Å². The van der Waals surface area contributed by atoms with E-state index in [1.165, 1.54) is 0 Å². The van der Waals surface area contributed by atoms with Crippen LogP contribution in [0.3, 0.4) is 0 Å². The van der Waals surface area contributed by atoms with Crippen LogP contribution in [0.4, 0.5) is 0 Å². The zero-order chi connectivity index (χ0) is 31.2. The second-order valence-corrected chi connectivity index (χ2v) is 11.0. The van der Waals surface area contributed by atoms with Gasteiger partial charge in [0.1, 0.15) is 11.6 Å². The molecule has 10 nitrogen and oxygen atoms in total. The Morgan fingerprint density at radius 2 is 1.11 bits per heavy atom. The van der Waals surface area contributed by atoms with Crippen molar-refractivity contribution < 1.29 is 42.9 Å². The van der Waals surface area contributed by atoms with Crippen molar-refractivity contribution in [3.05, 3.63) is 132 Å². The van der Waals surface area contributed by atoms with E-state index in [9.17, 15) is 19.5 Å². The molecule has 2 heterocycles. The van der Waals surface area contributed by atoms with Gasteiger partial charge in [-0.1, -0.05) is 66.7 Å². The SMILES string of the molecule is O=C(OC1C(CO)OC(Sc2nc3ccccc3o2)C(OC(=O)c2ccccc2)C1OC(=O)c1ccccc1)c1ccccc1. The normalized spacial score (nSPS) is 21.1. The number of carbonyl (C=O) groups is 3. The molecule has 1 N–H and O–H groups in total. The lowest BCUT2D eigenvalue weighted by molar-refractivity contribution is -0.207. The molecule has 5 atom stereocenters. The van der Waals surface area contributed by atoms with Gasteiger partial charge in [-0.3, -0.25) is 0 Å². The Hall–Kier alpha value is -4.97. The highest BCUT2D eigenvalue weighted by Gasteiger charge is 2.53. The fraction of sp³-hybridized carbons (Fsp3) is 0.176. The topological polar surface area (TPSA) is 134 Å². The lowest BCUT2D eigenvalue weighted by atomic mass is 9.98. The molecule has 0 amide bonds. The predicted octanol–water partition coefficient (Wildman–Crippen LogP) is 5.31. The van der Waals surface area contributed by atoms with Crippen molar-refractivity contribution in [2.45, 2.75) is 35.1 Å². The van der Waals surface area contributed by atoms with Crippen molar-refractivity contribution in [2.75, 3.05) is 6.61 Å². The molecule has 5 unspecified atom stereocenters. The van der Waals surface area contributed by atoms with Gasteiger partial charge in [0, 0.05) is 0 Å². The van der Waals surface area contributed by atoms with Crippen LogP contribution in [0.15, 0.2) is 125 Å². The van der Waals surface area contributed by atoms with Crippen LogP contribution < -0.4 is 0 Å². The number of esters is 3. The second kappa shape index (κ2) is 13.8. The highest BCUT2D eigenvalue weighted by atomic mass is 32.2. The fourth-order valence-electron chi connectivity index (χ4n) is 4.82. The number of ether oxygens (including phenoxy) is 4. The van der Waals surface area contributed by atoms with E-state index in [2.05, 4.69) is 4.98 Å². The summed E-state index contributed by atoms with van der Waals surface area (Å²) in [6.07, 6.45) is -5.31. The molecular weight excluding hydrogens is 598 g/mol. The van der Waals surface area contributed by atoms with E-state index in [0.717, 1.165) is 11.8 Å². The van der Waals surface area contributed by atoms with Crippen molar-refractivity contribution in [2.24, 2.45) is 0 Å². The van der Waals surface area contributed by atoms with Crippen molar-refractivity contribution in [1.82, 2.24) is 4.98 Å². The van der Waals surface area contributed by atoms with Crippen LogP contribution in [-0.2, 0) is 18.9 Å². The molecule has 1 aliphatic rings. The van der Waals surface area contributed by atoms with E-state index in [1.807, 2.05) is 6.07 Å². The number of hydrogen-bond acceptors (Lipinski definition) is 11. The summed E-state index contributed by atoms with van der Waals surface area (Å²) in [4.78, 5) is 44.6. The number of carbonyl (C=O) groups excluding carboxylic acids is 3. The Morgan fingerprint density at radius 1 is 0.644 bits per heavy atom. The van der Waals surface area contributed by atoms with Crippen LogP contribution in [0.1, 0.15) is 31.1 Å². The first-order valence-electron chi connectivity index (χ1n) is 14.1. The summed E-state index contributed by atoms with van der Waals surface area (Å²) in [6.45, 7) is -0.615. The lowest BCUT2D eigenvalue weighted by Crippen LogP contribution is -2.61. The maximum absolute atomic E-state index is 13.4. The molecule has 0 radical (unpaired) electrons. The minimum Gasteiger partial charge on any atom is -0.452 e. The van der Waals surface area contributed by atoms with Crippen LogP contribution in [-0.4, -0.2) is 64.5 Å². The summed E-state index contributed by atoms with van der Waals surface area (Å²) in [6, 6.07) is 31.8. The molecular formula is C34H27NO9S. The number of rotatable bonds is 9. The Balaban J connectivity index is 1.39.